The minimum Gasteiger partial charge on any atom is -0.612 e. The van der Waals surface area contributed by atoms with Crippen LogP contribution in [0.1, 0.15) is 11.1 Å². The molecule has 1 nitrogen and oxygen atoms in total. The van der Waals surface area contributed by atoms with Crippen molar-refractivity contribution in [3.8, 4) is 0 Å². The number of hydrogen-bond donors (Lipinski definition) is 0. The molecule has 122 valence electrons. The largest absolute Gasteiger partial charge is 0.612 e. The van der Waals surface area contributed by atoms with Crippen LogP contribution in [0.2, 0.25) is 0 Å². The van der Waals surface area contributed by atoms with Crippen molar-refractivity contribution in [3.05, 3.63) is 74.4 Å². The highest BCUT2D eigenvalue weighted by Crippen LogP contribution is 2.25. The van der Waals surface area contributed by atoms with Crippen molar-refractivity contribution in [2.45, 2.75) is 5.75 Å². The van der Waals surface area contributed by atoms with E-state index in [1.807, 2.05) is 0 Å². The van der Waals surface area contributed by atoms with Crippen molar-refractivity contribution in [1.82, 2.24) is 0 Å². The molecular formula is C15H8BrF5OS. The predicted octanol–water partition coefficient (Wildman–Crippen LogP) is 5.06. The first-order valence-electron chi connectivity index (χ1n) is 6.12. The molecule has 0 spiro atoms. The molecule has 2 aromatic rings. The van der Waals surface area contributed by atoms with E-state index in [1.165, 1.54) is 6.08 Å². The minimum absolute atomic E-state index is 0.666. The summed E-state index contributed by atoms with van der Waals surface area (Å²) in [6.07, 6.45) is 1.43. The van der Waals surface area contributed by atoms with E-state index in [9.17, 15) is 26.5 Å². The number of benzene rings is 2. The second-order valence-electron chi connectivity index (χ2n) is 4.43. The van der Waals surface area contributed by atoms with Crippen LogP contribution >= 0.6 is 15.9 Å². The van der Waals surface area contributed by atoms with E-state index in [0.717, 1.165) is 9.88 Å². The summed E-state index contributed by atoms with van der Waals surface area (Å²) in [5.74, 6) is -11.1. The molecule has 0 saturated heterocycles. The van der Waals surface area contributed by atoms with Crippen LogP contribution in [0.15, 0.2) is 34.1 Å². The van der Waals surface area contributed by atoms with Gasteiger partial charge in [-0.05, 0) is 34.9 Å². The Bertz CT molecular complexity index is 720. The zero-order chi connectivity index (χ0) is 17.1. The molecule has 0 amide bonds. The quantitative estimate of drug-likeness (QED) is 0.299. The lowest BCUT2D eigenvalue weighted by Gasteiger charge is -2.09. The van der Waals surface area contributed by atoms with Gasteiger partial charge in [0, 0.05) is 4.47 Å². The number of rotatable bonds is 4. The second kappa shape index (κ2) is 7.46. The molecule has 2 aromatic carbocycles. The summed E-state index contributed by atoms with van der Waals surface area (Å²) < 4.78 is 78.6. The van der Waals surface area contributed by atoms with Gasteiger partial charge in [0.25, 0.3) is 0 Å². The highest BCUT2D eigenvalue weighted by Gasteiger charge is 2.27. The van der Waals surface area contributed by atoms with E-state index in [1.54, 1.807) is 24.3 Å². The SMILES string of the molecule is [O-][S+](C=Cc1ccc(Br)cc1)Cc1c(F)c(F)c(F)c(F)c1F. The molecule has 1 atom stereocenters. The fraction of sp³-hybridized carbons (Fsp3) is 0.0667. The van der Waals surface area contributed by atoms with Crippen LogP contribution in [0.25, 0.3) is 6.08 Å². The average molecular weight is 411 g/mol. The Labute approximate surface area is 140 Å². The van der Waals surface area contributed by atoms with Crippen LogP contribution in [-0.2, 0) is 16.9 Å². The lowest BCUT2D eigenvalue weighted by molar-refractivity contribution is 0.372. The van der Waals surface area contributed by atoms with E-state index in [2.05, 4.69) is 15.9 Å². The molecule has 0 aliphatic rings. The lowest BCUT2D eigenvalue weighted by Crippen LogP contribution is -2.11. The minimum atomic E-state index is -2.24. The van der Waals surface area contributed by atoms with Crippen LogP contribution in [0.5, 0.6) is 0 Å². The van der Waals surface area contributed by atoms with Gasteiger partial charge in [-0.2, -0.15) is 0 Å². The van der Waals surface area contributed by atoms with Gasteiger partial charge in [-0.15, -0.1) is 0 Å². The molecule has 0 aliphatic heterocycles. The Morgan fingerprint density at radius 1 is 0.870 bits per heavy atom. The van der Waals surface area contributed by atoms with E-state index >= 15 is 0 Å². The molecule has 0 saturated carbocycles. The highest BCUT2D eigenvalue weighted by molar-refractivity contribution is 9.10. The van der Waals surface area contributed by atoms with E-state index in [-0.39, 0.29) is 0 Å². The van der Waals surface area contributed by atoms with E-state index in [0.29, 0.717) is 5.56 Å². The van der Waals surface area contributed by atoms with Gasteiger partial charge in [-0.25, -0.2) is 22.0 Å². The Hall–Kier alpha value is -1.38. The van der Waals surface area contributed by atoms with Crippen molar-refractivity contribution < 1.29 is 26.5 Å². The Morgan fingerprint density at radius 2 is 1.35 bits per heavy atom. The lowest BCUT2D eigenvalue weighted by atomic mass is 10.2. The Balaban J connectivity index is 2.20. The Morgan fingerprint density at radius 3 is 1.87 bits per heavy atom. The molecule has 0 heterocycles. The zero-order valence-corrected chi connectivity index (χ0v) is 13.7. The van der Waals surface area contributed by atoms with Crippen LogP contribution < -0.4 is 0 Å². The summed E-state index contributed by atoms with van der Waals surface area (Å²) >= 11 is 1.29. The molecule has 0 aromatic heterocycles. The maximum atomic E-state index is 13.5. The third kappa shape index (κ3) is 4.13. The zero-order valence-electron chi connectivity index (χ0n) is 11.3. The topological polar surface area (TPSA) is 23.1 Å². The maximum Gasteiger partial charge on any atom is 0.200 e. The van der Waals surface area contributed by atoms with Gasteiger partial charge in [0.2, 0.25) is 5.82 Å². The molecule has 0 N–H and O–H groups in total. The van der Waals surface area contributed by atoms with Gasteiger partial charge in [0.05, 0.1) is 5.56 Å². The van der Waals surface area contributed by atoms with Crippen molar-refractivity contribution >= 4 is 33.2 Å². The summed E-state index contributed by atoms with van der Waals surface area (Å²) in [6, 6.07) is 6.84. The third-order valence-electron chi connectivity index (χ3n) is 2.87. The van der Waals surface area contributed by atoms with Crippen LogP contribution in [0, 0.1) is 29.1 Å². The molecular weight excluding hydrogens is 403 g/mol. The van der Waals surface area contributed by atoms with Crippen LogP contribution in [0.3, 0.4) is 0 Å². The molecule has 0 bridgehead atoms. The summed E-state index contributed by atoms with van der Waals surface area (Å²) in [6.45, 7) is 0. The molecule has 23 heavy (non-hydrogen) atoms. The molecule has 8 heteroatoms. The van der Waals surface area contributed by atoms with Gasteiger partial charge >= 0.3 is 0 Å². The fourth-order valence-electron chi connectivity index (χ4n) is 1.70. The number of hydrogen-bond acceptors (Lipinski definition) is 1. The average Bonchev–Trinajstić information content (AvgIpc) is 2.54. The predicted molar refractivity (Wildman–Crippen MR) is 81.3 cm³/mol. The second-order valence-corrected chi connectivity index (χ2v) is 6.67. The molecule has 0 fully saturated rings. The van der Waals surface area contributed by atoms with E-state index < -0.39 is 51.6 Å². The summed E-state index contributed by atoms with van der Waals surface area (Å²) in [4.78, 5) is 0. The standard InChI is InChI=1S/C15H8BrF5OS/c16-9-3-1-8(2-4-9)5-6-23(22)7-10-11(17)13(19)15(21)14(20)12(10)18/h1-6H,7H2. The number of halogens is 6. The Kier molecular flexibility index (Phi) is 5.83. The fourth-order valence-corrected chi connectivity index (χ4v) is 2.90. The van der Waals surface area contributed by atoms with Gasteiger partial charge < -0.3 is 4.55 Å². The smallest absolute Gasteiger partial charge is 0.200 e. The first-order chi connectivity index (χ1) is 10.8. The van der Waals surface area contributed by atoms with Gasteiger partial charge in [-0.3, -0.25) is 0 Å². The van der Waals surface area contributed by atoms with E-state index in [4.69, 9.17) is 0 Å². The first-order valence-corrected chi connectivity index (χ1v) is 8.30. The maximum absolute atomic E-state index is 13.5. The van der Waals surface area contributed by atoms with Crippen molar-refractivity contribution in [2.24, 2.45) is 0 Å². The third-order valence-corrected chi connectivity index (χ3v) is 4.41. The molecule has 0 radical (unpaired) electrons. The van der Waals surface area contributed by atoms with Gasteiger partial charge in [0.1, 0.15) is 11.2 Å². The monoisotopic (exact) mass is 410 g/mol. The highest BCUT2D eigenvalue weighted by atomic mass is 79.9. The normalized spacial score (nSPS) is 12.8. The van der Waals surface area contributed by atoms with Crippen molar-refractivity contribution in [1.29, 1.82) is 0 Å². The molecule has 1 unspecified atom stereocenters. The van der Waals surface area contributed by atoms with Crippen LogP contribution in [-0.4, -0.2) is 4.55 Å². The molecule has 2 rings (SSSR count). The summed E-state index contributed by atoms with van der Waals surface area (Å²) in [7, 11) is 0. The molecule has 0 aliphatic carbocycles. The van der Waals surface area contributed by atoms with Gasteiger partial charge in [0.15, 0.2) is 23.3 Å². The summed E-state index contributed by atoms with van der Waals surface area (Å²) in [5.41, 5.74) is -0.431. The van der Waals surface area contributed by atoms with Crippen LogP contribution in [0.4, 0.5) is 22.0 Å². The summed E-state index contributed by atoms with van der Waals surface area (Å²) in [5, 5.41) is 1.13. The first kappa shape index (κ1) is 18.0. The van der Waals surface area contributed by atoms with Gasteiger partial charge in [-0.1, -0.05) is 28.1 Å². The van der Waals surface area contributed by atoms with Crippen molar-refractivity contribution in [2.75, 3.05) is 0 Å². The van der Waals surface area contributed by atoms with Crippen molar-refractivity contribution in [3.63, 3.8) is 0 Å².